The molecule has 0 spiro atoms. The van der Waals surface area contributed by atoms with Gasteiger partial charge in [-0.1, -0.05) is 24.3 Å². The number of rotatable bonds is 4. The van der Waals surface area contributed by atoms with Crippen molar-refractivity contribution in [1.82, 2.24) is 19.7 Å². The van der Waals surface area contributed by atoms with Gasteiger partial charge in [-0.15, -0.1) is 10.2 Å². The van der Waals surface area contributed by atoms with Gasteiger partial charge in [0.15, 0.2) is 5.82 Å². The summed E-state index contributed by atoms with van der Waals surface area (Å²) in [6.07, 6.45) is 3.42. The number of amides is 1. The van der Waals surface area contributed by atoms with Gasteiger partial charge < -0.3 is 14.2 Å². The summed E-state index contributed by atoms with van der Waals surface area (Å²) >= 11 is 0. The normalized spacial score (nSPS) is 19.9. The van der Waals surface area contributed by atoms with Crippen LogP contribution < -0.4 is 0 Å². The summed E-state index contributed by atoms with van der Waals surface area (Å²) in [6, 6.07) is 8.71. The number of fused-ring (bicyclic) bond motifs is 2. The standard InChI is InChI=1S/C20H26N4O2/c1-14-9-18-21-22-19(13-26-2)24(18)8-7-23(14)20(25)12-15-10-16-5-3-4-6-17(16)11-15/h3-6,14-15H,7-13H2,1-2H3/t14-/m1/s1. The molecule has 2 aliphatic rings. The van der Waals surface area contributed by atoms with Crippen LogP contribution in [0.1, 0.15) is 36.1 Å². The third kappa shape index (κ3) is 3.26. The predicted molar refractivity (Wildman–Crippen MR) is 97.6 cm³/mol. The minimum absolute atomic E-state index is 0.145. The van der Waals surface area contributed by atoms with E-state index in [-0.39, 0.29) is 11.9 Å². The molecular weight excluding hydrogens is 328 g/mol. The number of hydrogen-bond donors (Lipinski definition) is 0. The van der Waals surface area contributed by atoms with Crippen molar-refractivity contribution >= 4 is 5.91 Å². The summed E-state index contributed by atoms with van der Waals surface area (Å²) in [5.41, 5.74) is 2.81. The van der Waals surface area contributed by atoms with E-state index in [1.54, 1.807) is 7.11 Å². The molecule has 1 aliphatic carbocycles. The molecule has 1 aromatic heterocycles. The van der Waals surface area contributed by atoms with Gasteiger partial charge >= 0.3 is 0 Å². The first-order valence-corrected chi connectivity index (χ1v) is 9.42. The van der Waals surface area contributed by atoms with Crippen LogP contribution in [0.5, 0.6) is 0 Å². The highest BCUT2D eigenvalue weighted by Gasteiger charge is 2.30. The first-order chi connectivity index (χ1) is 12.7. The van der Waals surface area contributed by atoms with Crippen LogP contribution in [0.4, 0.5) is 0 Å². The number of carbonyl (C=O) groups is 1. The molecule has 1 amide bonds. The predicted octanol–water partition coefficient (Wildman–Crippen LogP) is 2.00. The fraction of sp³-hybridized carbons (Fsp3) is 0.550. The number of carbonyl (C=O) groups excluding carboxylic acids is 1. The summed E-state index contributed by atoms with van der Waals surface area (Å²) in [5.74, 6) is 2.49. The molecule has 6 nitrogen and oxygen atoms in total. The number of ether oxygens (including phenoxy) is 1. The lowest BCUT2D eigenvalue weighted by molar-refractivity contribution is -0.134. The second-order valence-corrected chi connectivity index (χ2v) is 7.50. The van der Waals surface area contributed by atoms with Crippen molar-refractivity contribution in [2.24, 2.45) is 5.92 Å². The molecule has 138 valence electrons. The highest BCUT2D eigenvalue weighted by atomic mass is 16.5. The summed E-state index contributed by atoms with van der Waals surface area (Å²) in [4.78, 5) is 15.0. The molecule has 0 N–H and O–H groups in total. The Bertz CT molecular complexity index is 776. The summed E-state index contributed by atoms with van der Waals surface area (Å²) in [7, 11) is 1.66. The minimum atomic E-state index is 0.145. The SMILES string of the molecule is COCc1nnc2n1CCN(C(=O)CC1Cc3ccccc3C1)[C@H](C)C2. The van der Waals surface area contributed by atoms with Gasteiger partial charge in [-0.05, 0) is 36.8 Å². The molecule has 0 radical (unpaired) electrons. The Hall–Kier alpha value is -2.21. The third-order valence-electron chi connectivity index (χ3n) is 5.67. The van der Waals surface area contributed by atoms with Crippen LogP contribution in [-0.2, 0) is 41.9 Å². The smallest absolute Gasteiger partial charge is 0.223 e. The molecule has 1 aromatic carbocycles. The van der Waals surface area contributed by atoms with Gasteiger partial charge in [0, 0.05) is 39.1 Å². The van der Waals surface area contributed by atoms with Crippen molar-refractivity contribution < 1.29 is 9.53 Å². The van der Waals surface area contributed by atoms with Crippen molar-refractivity contribution in [3.05, 3.63) is 47.0 Å². The second-order valence-electron chi connectivity index (χ2n) is 7.50. The fourth-order valence-electron chi connectivity index (χ4n) is 4.35. The summed E-state index contributed by atoms with van der Waals surface area (Å²) in [5, 5.41) is 8.53. The van der Waals surface area contributed by atoms with Crippen LogP contribution in [0, 0.1) is 5.92 Å². The highest BCUT2D eigenvalue weighted by molar-refractivity contribution is 5.77. The van der Waals surface area contributed by atoms with Gasteiger partial charge in [0.1, 0.15) is 12.4 Å². The maximum Gasteiger partial charge on any atom is 0.223 e. The van der Waals surface area contributed by atoms with Gasteiger partial charge in [-0.25, -0.2) is 0 Å². The average molecular weight is 354 g/mol. The zero-order chi connectivity index (χ0) is 18.1. The molecule has 1 aliphatic heterocycles. The summed E-state index contributed by atoms with van der Waals surface area (Å²) in [6.45, 7) is 4.01. The Balaban J connectivity index is 1.41. The quantitative estimate of drug-likeness (QED) is 0.843. The Morgan fingerprint density at radius 1 is 1.15 bits per heavy atom. The van der Waals surface area contributed by atoms with Crippen molar-refractivity contribution in [2.45, 2.75) is 51.8 Å². The van der Waals surface area contributed by atoms with E-state index < -0.39 is 0 Å². The van der Waals surface area contributed by atoms with Crippen LogP contribution in [-0.4, -0.2) is 45.3 Å². The molecule has 0 bridgehead atoms. The van der Waals surface area contributed by atoms with E-state index >= 15 is 0 Å². The van der Waals surface area contributed by atoms with E-state index in [1.807, 2.05) is 4.90 Å². The lowest BCUT2D eigenvalue weighted by Gasteiger charge is -2.28. The molecular formula is C20H26N4O2. The van der Waals surface area contributed by atoms with Crippen LogP contribution >= 0.6 is 0 Å². The van der Waals surface area contributed by atoms with E-state index in [2.05, 4.69) is 46.0 Å². The minimum Gasteiger partial charge on any atom is -0.377 e. The molecule has 4 rings (SSSR count). The zero-order valence-electron chi connectivity index (χ0n) is 15.5. The largest absolute Gasteiger partial charge is 0.377 e. The van der Waals surface area contributed by atoms with Crippen molar-refractivity contribution in [3.63, 3.8) is 0 Å². The van der Waals surface area contributed by atoms with Gasteiger partial charge in [0.05, 0.1) is 0 Å². The third-order valence-corrected chi connectivity index (χ3v) is 5.67. The van der Waals surface area contributed by atoms with E-state index in [9.17, 15) is 4.79 Å². The average Bonchev–Trinajstić information content (AvgIpc) is 3.14. The highest BCUT2D eigenvalue weighted by Crippen LogP contribution is 2.29. The number of benzene rings is 1. The van der Waals surface area contributed by atoms with Gasteiger partial charge in [0.25, 0.3) is 0 Å². The molecule has 0 unspecified atom stereocenters. The maximum atomic E-state index is 13.0. The second kappa shape index (κ2) is 7.19. The Kier molecular flexibility index (Phi) is 4.76. The first kappa shape index (κ1) is 17.2. The van der Waals surface area contributed by atoms with E-state index in [0.717, 1.165) is 37.5 Å². The van der Waals surface area contributed by atoms with Crippen LogP contribution in [0.15, 0.2) is 24.3 Å². The van der Waals surface area contributed by atoms with Crippen LogP contribution in [0.25, 0.3) is 0 Å². The molecule has 26 heavy (non-hydrogen) atoms. The number of hydrogen-bond acceptors (Lipinski definition) is 4. The lowest BCUT2D eigenvalue weighted by atomic mass is 10.0. The fourth-order valence-corrected chi connectivity index (χ4v) is 4.35. The number of nitrogens with zero attached hydrogens (tertiary/aromatic N) is 4. The molecule has 0 saturated heterocycles. The van der Waals surface area contributed by atoms with Crippen molar-refractivity contribution in [1.29, 1.82) is 0 Å². The maximum absolute atomic E-state index is 13.0. The van der Waals surface area contributed by atoms with Gasteiger partial charge in [-0.3, -0.25) is 4.79 Å². The van der Waals surface area contributed by atoms with E-state index in [4.69, 9.17) is 4.74 Å². The zero-order valence-corrected chi connectivity index (χ0v) is 15.5. The molecule has 2 aromatic rings. The Labute approximate surface area is 154 Å². The van der Waals surface area contributed by atoms with Gasteiger partial charge in [-0.2, -0.15) is 0 Å². The first-order valence-electron chi connectivity index (χ1n) is 9.42. The Morgan fingerprint density at radius 2 is 1.88 bits per heavy atom. The molecule has 0 fully saturated rings. The monoisotopic (exact) mass is 354 g/mol. The topological polar surface area (TPSA) is 60.3 Å². The van der Waals surface area contributed by atoms with Crippen molar-refractivity contribution in [3.8, 4) is 0 Å². The molecule has 6 heteroatoms. The lowest BCUT2D eigenvalue weighted by Crippen LogP contribution is -2.41. The molecule has 1 atom stereocenters. The van der Waals surface area contributed by atoms with Crippen LogP contribution in [0.2, 0.25) is 0 Å². The van der Waals surface area contributed by atoms with E-state index in [0.29, 0.717) is 25.5 Å². The van der Waals surface area contributed by atoms with Crippen molar-refractivity contribution in [2.75, 3.05) is 13.7 Å². The Morgan fingerprint density at radius 3 is 2.58 bits per heavy atom. The van der Waals surface area contributed by atoms with Gasteiger partial charge in [0.2, 0.25) is 5.91 Å². The number of aromatic nitrogens is 3. The summed E-state index contributed by atoms with van der Waals surface area (Å²) < 4.78 is 7.32. The number of methoxy groups -OCH3 is 1. The molecule has 2 heterocycles. The van der Waals surface area contributed by atoms with E-state index in [1.165, 1.54) is 11.1 Å². The molecule has 0 saturated carbocycles. The van der Waals surface area contributed by atoms with Crippen LogP contribution in [0.3, 0.4) is 0 Å².